The Morgan fingerprint density at radius 3 is 2.64 bits per heavy atom. The summed E-state index contributed by atoms with van der Waals surface area (Å²) < 4.78 is 46.9. The summed E-state index contributed by atoms with van der Waals surface area (Å²) in [5, 5.41) is 14.8. The third-order valence-corrected chi connectivity index (χ3v) is 5.36. The Labute approximate surface area is 205 Å². The second kappa shape index (κ2) is 10.5. The lowest BCUT2D eigenvalue weighted by Gasteiger charge is -2.29. The number of aromatic nitrogens is 2. The highest BCUT2D eigenvalue weighted by molar-refractivity contribution is 5.99. The smallest absolute Gasteiger partial charge is 0.378 e. The van der Waals surface area contributed by atoms with Crippen LogP contribution in [0.3, 0.4) is 0 Å². The number of nitrogens with zero attached hydrogens (tertiary/aromatic N) is 4. The SMILES string of the molecule is C=CC(=O)Nc1cc(C#N)cc(-c2nc(Nc3cccc(N4CCOCC4)c3)ncc2C(F)(F)F)c1. The van der Waals surface area contributed by atoms with Crippen molar-refractivity contribution in [1.82, 2.24) is 9.97 Å². The van der Waals surface area contributed by atoms with E-state index in [1.807, 2.05) is 24.3 Å². The Bertz CT molecular complexity index is 1330. The molecular weight excluding hydrogens is 473 g/mol. The average molecular weight is 494 g/mol. The normalized spacial score (nSPS) is 13.6. The second-order valence-corrected chi connectivity index (χ2v) is 7.83. The Balaban J connectivity index is 1.72. The Morgan fingerprint density at radius 1 is 1.17 bits per heavy atom. The van der Waals surface area contributed by atoms with Crippen LogP contribution in [0, 0.1) is 11.3 Å². The molecule has 1 fully saturated rings. The molecule has 1 saturated heterocycles. The number of hydrogen-bond acceptors (Lipinski definition) is 7. The van der Waals surface area contributed by atoms with Crippen LogP contribution in [0.25, 0.3) is 11.3 Å². The van der Waals surface area contributed by atoms with Crippen LogP contribution >= 0.6 is 0 Å². The van der Waals surface area contributed by atoms with Gasteiger partial charge in [-0.1, -0.05) is 12.6 Å². The van der Waals surface area contributed by atoms with Crippen molar-refractivity contribution < 1.29 is 22.7 Å². The van der Waals surface area contributed by atoms with E-state index in [1.165, 1.54) is 18.2 Å². The molecule has 2 N–H and O–H groups in total. The number of hydrogen-bond donors (Lipinski definition) is 2. The summed E-state index contributed by atoms with van der Waals surface area (Å²) in [4.78, 5) is 21.9. The van der Waals surface area contributed by atoms with Gasteiger partial charge in [0.15, 0.2) is 0 Å². The number of carbonyl (C=O) groups excluding carboxylic acids is 1. The number of halogens is 3. The quantitative estimate of drug-likeness (QED) is 0.477. The summed E-state index contributed by atoms with van der Waals surface area (Å²) in [7, 11) is 0. The number of benzene rings is 2. The molecule has 0 unspecified atom stereocenters. The van der Waals surface area contributed by atoms with Crippen LogP contribution in [0.2, 0.25) is 0 Å². The van der Waals surface area contributed by atoms with E-state index in [0.29, 0.717) is 25.1 Å². The molecule has 1 aliphatic heterocycles. The molecule has 0 saturated carbocycles. The van der Waals surface area contributed by atoms with Crippen LogP contribution in [-0.2, 0) is 15.7 Å². The molecule has 1 aromatic heterocycles. The molecule has 2 aromatic carbocycles. The van der Waals surface area contributed by atoms with Crippen molar-refractivity contribution in [3.05, 3.63) is 72.4 Å². The van der Waals surface area contributed by atoms with E-state index in [9.17, 15) is 23.2 Å². The molecule has 0 spiro atoms. The standard InChI is InChI=1S/C25H21F3N6O2/c1-2-22(35)31-19-11-16(14-29)10-17(12-19)23-21(25(26,27)28)15-30-24(33-23)32-18-4-3-5-20(13-18)34-6-8-36-9-7-34/h2-5,10-13,15H,1,6-9H2,(H,31,35)(H,30,32,33). The monoisotopic (exact) mass is 494 g/mol. The van der Waals surface area contributed by atoms with E-state index in [-0.39, 0.29) is 22.8 Å². The summed E-state index contributed by atoms with van der Waals surface area (Å²) in [6.45, 7) is 6.03. The number of nitriles is 1. The third-order valence-electron chi connectivity index (χ3n) is 5.36. The maximum Gasteiger partial charge on any atom is 0.419 e. The number of amides is 1. The first kappa shape index (κ1) is 24.7. The molecule has 8 nitrogen and oxygen atoms in total. The third kappa shape index (κ3) is 5.79. The van der Waals surface area contributed by atoms with Crippen LogP contribution in [0.1, 0.15) is 11.1 Å². The first-order valence-electron chi connectivity index (χ1n) is 10.9. The molecule has 0 aliphatic carbocycles. The fourth-order valence-corrected chi connectivity index (χ4v) is 3.69. The van der Waals surface area contributed by atoms with E-state index in [2.05, 4.69) is 32.1 Å². The van der Waals surface area contributed by atoms with Crippen molar-refractivity contribution in [2.45, 2.75) is 6.18 Å². The lowest BCUT2D eigenvalue weighted by atomic mass is 10.0. The zero-order chi connectivity index (χ0) is 25.7. The topological polar surface area (TPSA) is 103 Å². The number of rotatable bonds is 6. The molecule has 0 atom stereocenters. The van der Waals surface area contributed by atoms with Gasteiger partial charge in [-0.25, -0.2) is 9.97 Å². The number of nitrogens with one attached hydrogen (secondary N) is 2. The van der Waals surface area contributed by atoms with Gasteiger partial charge in [-0.05, 0) is 42.5 Å². The Hall–Kier alpha value is -4.43. The summed E-state index contributed by atoms with van der Waals surface area (Å²) in [5.41, 5.74) is 0.184. The minimum Gasteiger partial charge on any atom is -0.378 e. The van der Waals surface area contributed by atoms with Gasteiger partial charge in [0.2, 0.25) is 11.9 Å². The summed E-state index contributed by atoms with van der Waals surface area (Å²) in [5.74, 6) is -0.631. The minimum absolute atomic E-state index is 0.00625. The van der Waals surface area contributed by atoms with Crippen LogP contribution < -0.4 is 15.5 Å². The second-order valence-electron chi connectivity index (χ2n) is 7.83. The van der Waals surface area contributed by atoms with E-state index in [1.54, 1.807) is 6.07 Å². The lowest BCUT2D eigenvalue weighted by Crippen LogP contribution is -2.36. The lowest BCUT2D eigenvalue weighted by molar-refractivity contribution is -0.137. The largest absolute Gasteiger partial charge is 0.419 e. The van der Waals surface area contributed by atoms with Crippen LogP contribution in [0.4, 0.5) is 36.2 Å². The van der Waals surface area contributed by atoms with Crippen LogP contribution in [0.15, 0.2) is 61.3 Å². The van der Waals surface area contributed by atoms with Crippen molar-refractivity contribution >= 4 is 28.9 Å². The van der Waals surface area contributed by atoms with Gasteiger partial charge in [0.1, 0.15) is 5.56 Å². The van der Waals surface area contributed by atoms with Gasteiger partial charge in [-0.3, -0.25) is 4.79 Å². The van der Waals surface area contributed by atoms with Crippen LogP contribution in [0.5, 0.6) is 0 Å². The zero-order valence-electron chi connectivity index (χ0n) is 19.0. The van der Waals surface area contributed by atoms with E-state index in [4.69, 9.17) is 4.74 Å². The first-order chi connectivity index (χ1) is 17.3. The van der Waals surface area contributed by atoms with Crippen molar-refractivity contribution in [1.29, 1.82) is 5.26 Å². The van der Waals surface area contributed by atoms with Crippen molar-refractivity contribution in [3.8, 4) is 17.3 Å². The fraction of sp³-hybridized carbons (Fsp3) is 0.200. The maximum absolute atomic E-state index is 13.8. The molecule has 36 heavy (non-hydrogen) atoms. The molecule has 11 heteroatoms. The first-order valence-corrected chi connectivity index (χ1v) is 10.9. The summed E-state index contributed by atoms with van der Waals surface area (Å²) >= 11 is 0. The molecule has 184 valence electrons. The van der Waals surface area contributed by atoms with E-state index < -0.39 is 23.3 Å². The number of carbonyl (C=O) groups is 1. The molecule has 0 radical (unpaired) electrons. The number of morpholine rings is 1. The predicted octanol–water partition coefficient (Wildman–Crippen LogP) is 4.74. The Morgan fingerprint density at radius 2 is 1.94 bits per heavy atom. The van der Waals surface area contributed by atoms with Crippen molar-refractivity contribution in [2.75, 3.05) is 41.8 Å². The van der Waals surface area contributed by atoms with Gasteiger partial charge in [-0.15, -0.1) is 0 Å². The number of ether oxygens (including phenoxy) is 1. The van der Waals surface area contributed by atoms with Crippen molar-refractivity contribution in [3.63, 3.8) is 0 Å². The van der Waals surface area contributed by atoms with Gasteiger partial charge in [0.05, 0.1) is 30.5 Å². The van der Waals surface area contributed by atoms with Crippen LogP contribution in [-0.4, -0.2) is 42.2 Å². The molecular formula is C25H21F3N6O2. The minimum atomic E-state index is -4.75. The molecule has 1 amide bonds. The van der Waals surface area contributed by atoms with Crippen molar-refractivity contribution in [2.24, 2.45) is 0 Å². The highest BCUT2D eigenvalue weighted by Crippen LogP contribution is 2.37. The van der Waals surface area contributed by atoms with Gasteiger partial charge in [0.25, 0.3) is 0 Å². The van der Waals surface area contributed by atoms with Gasteiger partial charge in [-0.2, -0.15) is 18.4 Å². The van der Waals surface area contributed by atoms with Gasteiger partial charge in [0, 0.05) is 41.9 Å². The number of anilines is 4. The number of alkyl halides is 3. The fourth-order valence-electron chi connectivity index (χ4n) is 3.69. The Kier molecular flexibility index (Phi) is 7.17. The molecule has 4 rings (SSSR count). The average Bonchev–Trinajstić information content (AvgIpc) is 2.88. The maximum atomic E-state index is 13.8. The van der Waals surface area contributed by atoms with E-state index >= 15 is 0 Å². The summed E-state index contributed by atoms with van der Waals surface area (Å²) in [6, 6.07) is 13.2. The highest BCUT2D eigenvalue weighted by atomic mass is 19.4. The van der Waals surface area contributed by atoms with Gasteiger partial charge < -0.3 is 20.3 Å². The molecule has 2 heterocycles. The zero-order valence-corrected chi connectivity index (χ0v) is 19.0. The van der Waals surface area contributed by atoms with Gasteiger partial charge >= 0.3 is 6.18 Å². The molecule has 3 aromatic rings. The predicted molar refractivity (Wildman–Crippen MR) is 129 cm³/mol. The highest BCUT2D eigenvalue weighted by Gasteiger charge is 2.35. The summed E-state index contributed by atoms with van der Waals surface area (Å²) in [6.07, 6.45) is -3.05. The molecule has 1 aliphatic rings. The molecule has 0 bridgehead atoms. The van der Waals surface area contributed by atoms with E-state index in [0.717, 1.165) is 24.9 Å².